The van der Waals surface area contributed by atoms with Crippen LogP contribution >= 0.6 is 23.1 Å². The Kier molecular flexibility index (Phi) is 6.69. The van der Waals surface area contributed by atoms with E-state index in [1.807, 2.05) is 29.1 Å². The number of hydrogen-bond donors (Lipinski definition) is 0. The van der Waals surface area contributed by atoms with Gasteiger partial charge in [-0.2, -0.15) is 11.3 Å². The molecule has 1 heterocycles. The highest BCUT2D eigenvalue weighted by Gasteiger charge is 2.17. The minimum absolute atomic E-state index is 0.255. The second-order valence-electron chi connectivity index (χ2n) is 5.02. The molecule has 7 heteroatoms. The van der Waals surface area contributed by atoms with Crippen molar-refractivity contribution in [2.75, 3.05) is 27.0 Å². The predicted octanol–water partition coefficient (Wildman–Crippen LogP) is 3.29. The van der Waals surface area contributed by atoms with Gasteiger partial charge in [0, 0.05) is 18.5 Å². The van der Waals surface area contributed by atoms with E-state index in [-0.39, 0.29) is 12.5 Å². The molecule has 0 aliphatic carbocycles. The minimum Gasteiger partial charge on any atom is -0.496 e. The molecule has 0 saturated heterocycles. The Hall–Kier alpha value is -1.99. The number of thioether (sulfide) groups is 1. The first kappa shape index (κ1) is 18.4. The SMILES string of the molecule is COc1cc(SC)ccc1C(=O)OCC(=O)N(C)Cc1ccsc1. The third-order valence-corrected chi connectivity index (χ3v) is 4.84. The number of hydrogen-bond acceptors (Lipinski definition) is 6. The first-order valence-corrected chi connectivity index (χ1v) is 9.36. The number of benzene rings is 1. The van der Waals surface area contributed by atoms with Crippen LogP contribution in [-0.4, -0.2) is 43.8 Å². The van der Waals surface area contributed by atoms with Gasteiger partial charge in [-0.3, -0.25) is 4.79 Å². The summed E-state index contributed by atoms with van der Waals surface area (Å²) in [5.41, 5.74) is 1.36. The number of nitrogens with zero attached hydrogens (tertiary/aromatic N) is 1. The summed E-state index contributed by atoms with van der Waals surface area (Å²) in [6, 6.07) is 7.19. The van der Waals surface area contributed by atoms with Crippen LogP contribution in [0.2, 0.25) is 0 Å². The van der Waals surface area contributed by atoms with Gasteiger partial charge in [0.05, 0.1) is 7.11 Å². The molecule has 0 bridgehead atoms. The predicted molar refractivity (Wildman–Crippen MR) is 95.9 cm³/mol. The molecule has 0 atom stereocenters. The lowest BCUT2D eigenvalue weighted by molar-refractivity contribution is -0.133. The van der Waals surface area contributed by atoms with Crippen LogP contribution in [0.5, 0.6) is 5.75 Å². The van der Waals surface area contributed by atoms with Gasteiger partial charge in [-0.15, -0.1) is 11.8 Å². The highest BCUT2D eigenvalue weighted by atomic mass is 32.2. The van der Waals surface area contributed by atoms with E-state index in [0.29, 0.717) is 17.9 Å². The molecule has 0 radical (unpaired) electrons. The Morgan fingerprint density at radius 1 is 1.29 bits per heavy atom. The van der Waals surface area contributed by atoms with Crippen LogP contribution < -0.4 is 4.74 Å². The van der Waals surface area contributed by atoms with Gasteiger partial charge in [-0.05, 0) is 46.8 Å². The highest BCUT2D eigenvalue weighted by Crippen LogP contribution is 2.25. The van der Waals surface area contributed by atoms with Crippen LogP contribution in [-0.2, 0) is 16.1 Å². The number of ether oxygens (including phenoxy) is 2. The molecule has 1 aromatic heterocycles. The molecule has 0 fully saturated rings. The Labute approximate surface area is 149 Å². The summed E-state index contributed by atoms with van der Waals surface area (Å²) >= 11 is 3.13. The van der Waals surface area contributed by atoms with E-state index in [9.17, 15) is 9.59 Å². The largest absolute Gasteiger partial charge is 0.496 e. The van der Waals surface area contributed by atoms with Crippen molar-refractivity contribution >= 4 is 35.0 Å². The maximum Gasteiger partial charge on any atom is 0.342 e. The zero-order valence-corrected chi connectivity index (χ0v) is 15.4. The fourth-order valence-electron chi connectivity index (χ4n) is 2.03. The van der Waals surface area contributed by atoms with Crippen LogP contribution in [0.4, 0.5) is 0 Å². The molecule has 0 spiro atoms. The summed E-state index contributed by atoms with van der Waals surface area (Å²) in [5, 5.41) is 3.94. The minimum atomic E-state index is -0.572. The summed E-state index contributed by atoms with van der Waals surface area (Å²) in [5.74, 6) is -0.392. The summed E-state index contributed by atoms with van der Waals surface area (Å²) in [6.45, 7) is 0.193. The maximum atomic E-state index is 12.2. The van der Waals surface area contributed by atoms with Gasteiger partial charge in [0.1, 0.15) is 11.3 Å². The number of carbonyl (C=O) groups excluding carboxylic acids is 2. The molecule has 0 aliphatic heterocycles. The Balaban J connectivity index is 1.93. The van der Waals surface area contributed by atoms with E-state index >= 15 is 0 Å². The number of methoxy groups -OCH3 is 1. The first-order chi connectivity index (χ1) is 11.5. The summed E-state index contributed by atoms with van der Waals surface area (Å²) < 4.78 is 10.4. The van der Waals surface area contributed by atoms with E-state index < -0.39 is 5.97 Å². The topological polar surface area (TPSA) is 55.8 Å². The van der Waals surface area contributed by atoms with Crippen molar-refractivity contribution < 1.29 is 19.1 Å². The summed E-state index contributed by atoms with van der Waals surface area (Å²) in [6.07, 6.45) is 1.94. The van der Waals surface area contributed by atoms with Crippen molar-refractivity contribution in [3.63, 3.8) is 0 Å². The molecule has 0 unspecified atom stereocenters. The zero-order chi connectivity index (χ0) is 17.5. The normalized spacial score (nSPS) is 10.3. The number of carbonyl (C=O) groups is 2. The lowest BCUT2D eigenvalue weighted by atomic mass is 10.2. The summed E-state index contributed by atoms with van der Waals surface area (Å²) in [7, 11) is 3.18. The average molecular weight is 365 g/mol. The van der Waals surface area contributed by atoms with Crippen LogP contribution in [0.15, 0.2) is 39.9 Å². The van der Waals surface area contributed by atoms with Crippen molar-refractivity contribution in [2.45, 2.75) is 11.4 Å². The van der Waals surface area contributed by atoms with Crippen molar-refractivity contribution in [3.8, 4) is 5.75 Å². The van der Waals surface area contributed by atoms with Crippen LogP contribution in [0.25, 0.3) is 0 Å². The molecule has 24 heavy (non-hydrogen) atoms. The number of thiophene rings is 1. The maximum absolute atomic E-state index is 12.2. The average Bonchev–Trinajstić information content (AvgIpc) is 3.11. The molecular formula is C17H19NO4S2. The van der Waals surface area contributed by atoms with Crippen LogP contribution in [0.3, 0.4) is 0 Å². The van der Waals surface area contributed by atoms with Gasteiger partial charge >= 0.3 is 5.97 Å². The van der Waals surface area contributed by atoms with Crippen molar-refractivity contribution in [1.29, 1.82) is 0 Å². The van der Waals surface area contributed by atoms with E-state index in [1.54, 1.807) is 42.3 Å². The standard InChI is InChI=1S/C17H19NO4S2/c1-18(9-12-6-7-24-11-12)16(19)10-22-17(20)14-5-4-13(23-3)8-15(14)21-2/h4-8,11H,9-10H2,1-3H3. The third kappa shape index (κ3) is 4.75. The molecule has 0 N–H and O–H groups in total. The number of likely N-dealkylation sites (N-methyl/N-ethyl adjacent to an activating group) is 1. The van der Waals surface area contributed by atoms with Crippen molar-refractivity contribution in [3.05, 3.63) is 46.2 Å². The Morgan fingerprint density at radius 2 is 2.08 bits per heavy atom. The third-order valence-electron chi connectivity index (χ3n) is 3.38. The fourth-order valence-corrected chi connectivity index (χ4v) is 3.12. The van der Waals surface area contributed by atoms with Crippen molar-refractivity contribution in [1.82, 2.24) is 4.90 Å². The smallest absolute Gasteiger partial charge is 0.342 e. The van der Waals surface area contributed by atoms with Gasteiger partial charge in [-0.1, -0.05) is 0 Å². The van der Waals surface area contributed by atoms with E-state index in [2.05, 4.69) is 0 Å². The van der Waals surface area contributed by atoms with Gasteiger partial charge in [0.15, 0.2) is 6.61 Å². The molecule has 2 rings (SSSR count). The number of rotatable bonds is 7. The summed E-state index contributed by atoms with van der Waals surface area (Å²) in [4.78, 5) is 26.8. The molecule has 2 aromatic rings. The molecule has 5 nitrogen and oxygen atoms in total. The lowest BCUT2D eigenvalue weighted by Gasteiger charge is -2.16. The fraction of sp³-hybridized carbons (Fsp3) is 0.294. The molecule has 0 aliphatic rings. The molecule has 128 valence electrons. The van der Waals surface area contributed by atoms with Crippen LogP contribution in [0.1, 0.15) is 15.9 Å². The monoisotopic (exact) mass is 365 g/mol. The zero-order valence-electron chi connectivity index (χ0n) is 13.8. The molecular weight excluding hydrogens is 346 g/mol. The lowest BCUT2D eigenvalue weighted by Crippen LogP contribution is -2.30. The quantitative estimate of drug-likeness (QED) is 0.557. The first-order valence-electron chi connectivity index (χ1n) is 7.19. The number of amides is 1. The van der Waals surface area contributed by atoms with E-state index in [0.717, 1.165) is 10.5 Å². The van der Waals surface area contributed by atoms with Crippen molar-refractivity contribution in [2.24, 2.45) is 0 Å². The molecule has 0 saturated carbocycles. The second-order valence-corrected chi connectivity index (χ2v) is 6.68. The second kappa shape index (κ2) is 8.75. The van der Waals surface area contributed by atoms with Crippen LogP contribution in [0, 0.1) is 0 Å². The van der Waals surface area contributed by atoms with Gasteiger partial charge in [0.2, 0.25) is 0 Å². The Bertz CT molecular complexity index is 701. The van der Waals surface area contributed by atoms with E-state index in [4.69, 9.17) is 9.47 Å². The highest BCUT2D eigenvalue weighted by molar-refractivity contribution is 7.98. The van der Waals surface area contributed by atoms with Gasteiger partial charge < -0.3 is 14.4 Å². The van der Waals surface area contributed by atoms with Gasteiger partial charge in [-0.25, -0.2) is 4.79 Å². The Morgan fingerprint density at radius 3 is 2.71 bits per heavy atom. The van der Waals surface area contributed by atoms with Gasteiger partial charge in [0.25, 0.3) is 5.91 Å². The molecule has 1 amide bonds. The molecule has 1 aromatic carbocycles. The van der Waals surface area contributed by atoms with E-state index in [1.165, 1.54) is 12.0 Å². The number of esters is 1.